The lowest BCUT2D eigenvalue weighted by molar-refractivity contribution is 0.495. The Morgan fingerprint density at radius 1 is 1.10 bits per heavy atom. The summed E-state index contributed by atoms with van der Waals surface area (Å²) in [6.45, 7) is 4.14. The number of halogens is 3. The van der Waals surface area contributed by atoms with Crippen LogP contribution in [0.2, 0.25) is 0 Å². The minimum absolute atomic E-state index is 0.0865. The molecular formula is C17H18BrF2N. The quantitative estimate of drug-likeness (QED) is 0.775. The molecule has 1 atom stereocenters. The van der Waals surface area contributed by atoms with Crippen LogP contribution in [0.4, 0.5) is 8.78 Å². The lowest BCUT2D eigenvalue weighted by atomic mass is 9.96. The van der Waals surface area contributed by atoms with Crippen molar-refractivity contribution in [1.82, 2.24) is 5.32 Å². The average Bonchev–Trinajstić information content (AvgIpc) is 2.47. The molecule has 1 N–H and O–H groups in total. The van der Waals surface area contributed by atoms with Gasteiger partial charge in [-0.15, -0.1) is 0 Å². The number of nitrogens with one attached hydrogen (secondary N) is 1. The van der Waals surface area contributed by atoms with Crippen LogP contribution in [0.1, 0.15) is 28.3 Å². The average molecular weight is 354 g/mol. The molecule has 2 aromatic carbocycles. The fourth-order valence-corrected chi connectivity index (χ4v) is 2.94. The van der Waals surface area contributed by atoms with E-state index in [9.17, 15) is 8.78 Å². The Balaban J connectivity index is 2.32. The minimum Gasteiger partial charge on any atom is -0.313 e. The molecule has 0 spiro atoms. The number of benzene rings is 2. The van der Waals surface area contributed by atoms with Crippen LogP contribution in [0, 0.1) is 25.5 Å². The summed E-state index contributed by atoms with van der Waals surface area (Å²) >= 11 is 3.16. The molecule has 0 aromatic heterocycles. The summed E-state index contributed by atoms with van der Waals surface area (Å²) in [4.78, 5) is 0. The molecule has 21 heavy (non-hydrogen) atoms. The van der Waals surface area contributed by atoms with Crippen molar-refractivity contribution < 1.29 is 8.78 Å². The SMILES string of the molecule is CNC(Cc1ccc(C)c(C)c1)c1ccc(F)c(F)c1Br. The largest absolute Gasteiger partial charge is 0.313 e. The molecule has 112 valence electrons. The third-order valence-corrected chi connectivity index (χ3v) is 4.61. The number of likely N-dealkylation sites (N-methyl/N-ethyl adjacent to an activating group) is 1. The highest BCUT2D eigenvalue weighted by atomic mass is 79.9. The predicted molar refractivity (Wildman–Crippen MR) is 85.5 cm³/mol. The number of hydrogen-bond donors (Lipinski definition) is 1. The highest BCUT2D eigenvalue weighted by molar-refractivity contribution is 9.10. The number of hydrogen-bond acceptors (Lipinski definition) is 1. The van der Waals surface area contributed by atoms with Crippen molar-refractivity contribution in [3.8, 4) is 0 Å². The van der Waals surface area contributed by atoms with Gasteiger partial charge in [-0.1, -0.05) is 24.3 Å². The molecule has 0 saturated carbocycles. The number of aryl methyl sites for hydroxylation is 2. The van der Waals surface area contributed by atoms with Gasteiger partial charge in [0.05, 0.1) is 4.47 Å². The summed E-state index contributed by atoms with van der Waals surface area (Å²) in [6, 6.07) is 8.98. The van der Waals surface area contributed by atoms with Crippen molar-refractivity contribution >= 4 is 15.9 Å². The second-order valence-electron chi connectivity index (χ2n) is 5.23. The molecular weight excluding hydrogens is 336 g/mol. The van der Waals surface area contributed by atoms with Gasteiger partial charge in [0.2, 0.25) is 0 Å². The Morgan fingerprint density at radius 2 is 1.81 bits per heavy atom. The van der Waals surface area contributed by atoms with Crippen molar-refractivity contribution in [1.29, 1.82) is 0 Å². The van der Waals surface area contributed by atoms with Crippen LogP contribution in [0.5, 0.6) is 0 Å². The van der Waals surface area contributed by atoms with E-state index in [4.69, 9.17) is 0 Å². The van der Waals surface area contributed by atoms with Crippen LogP contribution < -0.4 is 5.32 Å². The Hall–Kier alpha value is -1.26. The van der Waals surface area contributed by atoms with E-state index in [0.717, 1.165) is 11.1 Å². The van der Waals surface area contributed by atoms with Gasteiger partial charge in [0.1, 0.15) is 0 Å². The molecule has 0 aliphatic carbocycles. The Labute approximate surface area is 132 Å². The standard InChI is InChI=1S/C17H18BrF2N/c1-10-4-5-12(8-11(10)2)9-15(21-3)13-6-7-14(19)17(20)16(13)18/h4-8,15,21H,9H2,1-3H3. The van der Waals surface area contributed by atoms with E-state index in [1.54, 1.807) is 6.07 Å². The van der Waals surface area contributed by atoms with E-state index in [1.807, 2.05) is 7.05 Å². The maximum absolute atomic E-state index is 13.7. The maximum atomic E-state index is 13.7. The van der Waals surface area contributed by atoms with Gasteiger partial charge >= 0.3 is 0 Å². The molecule has 0 amide bonds. The topological polar surface area (TPSA) is 12.0 Å². The first kappa shape index (κ1) is 16.1. The maximum Gasteiger partial charge on any atom is 0.173 e. The Bertz CT molecular complexity index is 655. The first-order valence-corrected chi connectivity index (χ1v) is 7.60. The first-order chi connectivity index (χ1) is 9.93. The van der Waals surface area contributed by atoms with Gasteiger partial charge in [-0.2, -0.15) is 0 Å². The molecule has 1 nitrogen and oxygen atoms in total. The smallest absolute Gasteiger partial charge is 0.173 e. The van der Waals surface area contributed by atoms with Crippen LogP contribution in [0.15, 0.2) is 34.8 Å². The summed E-state index contributed by atoms with van der Waals surface area (Å²) < 4.78 is 27.1. The van der Waals surface area contributed by atoms with Crippen LogP contribution in [0.25, 0.3) is 0 Å². The predicted octanol–water partition coefficient (Wildman–Crippen LogP) is 4.85. The zero-order valence-electron chi connectivity index (χ0n) is 12.3. The van der Waals surface area contributed by atoms with E-state index >= 15 is 0 Å². The zero-order valence-corrected chi connectivity index (χ0v) is 13.9. The zero-order chi connectivity index (χ0) is 15.6. The Morgan fingerprint density at radius 3 is 2.43 bits per heavy atom. The van der Waals surface area contributed by atoms with Crippen molar-refractivity contribution in [2.75, 3.05) is 7.05 Å². The van der Waals surface area contributed by atoms with Gasteiger partial charge in [-0.25, -0.2) is 8.78 Å². The van der Waals surface area contributed by atoms with E-state index in [1.165, 1.54) is 17.2 Å². The molecule has 4 heteroatoms. The van der Waals surface area contributed by atoms with E-state index in [0.29, 0.717) is 6.42 Å². The van der Waals surface area contributed by atoms with Crippen molar-refractivity contribution in [2.24, 2.45) is 0 Å². The highest BCUT2D eigenvalue weighted by Gasteiger charge is 2.18. The van der Waals surface area contributed by atoms with Gasteiger partial charge in [-0.3, -0.25) is 0 Å². The second-order valence-corrected chi connectivity index (χ2v) is 6.02. The van der Waals surface area contributed by atoms with E-state index in [-0.39, 0.29) is 10.5 Å². The molecule has 0 aliphatic heterocycles. The lowest BCUT2D eigenvalue weighted by Crippen LogP contribution is -2.20. The summed E-state index contributed by atoms with van der Waals surface area (Å²) in [5.41, 5.74) is 4.35. The molecule has 0 radical (unpaired) electrons. The fourth-order valence-electron chi connectivity index (χ4n) is 2.34. The third kappa shape index (κ3) is 3.50. The highest BCUT2D eigenvalue weighted by Crippen LogP contribution is 2.30. The van der Waals surface area contributed by atoms with Crippen LogP contribution in [0.3, 0.4) is 0 Å². The van der Waals surface area contributed by atoms with Gasteiger partial charge in [-0.05, 0) is 71.6 Å². The van der Waals surface area contributed by atoms with Crippen molar-refractivity contribution in [2.45, 2.75) is 26.3 Å². The molecule has 1 unspecified atom stereocenters. The van der Waals surface area contributed by atoms with E-state index < -0.39 is 11.6 Å². The molecule has 0 bridgehead atoms. The third-order valence-electron chi connectivity index (χ3n) is 3.80. The van der Waals surface area contributed by atoms with Crippen molar-refractivity contribution in [3.63, 3.8) is 0 Å². The minimum atomic E-state index is -0.841. The molecule has 2 aromatic rings. The summed E-state index contributed by atoms with van der Waals surface area (Å²) in [5.74, 6) is -1.68. The monoisotopic (exact) mass is 353 g/mol. The normalized spacial score (nSPS) is 12.5. The molecule has 2 rings (SSSR count). The molecule has 0 heterocycles. The van der Waals surface area contributed by atoms with E-state index in [2.05, 4.69) is 53.3 Å². The van der Waals surface area contributed by atoms with Gasteiger partial charge < -0.3 is 5.32 Å². The fraction of sp³-hybridized carbons (Fsp3) is 0.294. The van der Waals surface area contributed by atoms with Crippen molar-refractivity contribution in [3.05, 3.63) is 68.7 Å². The van der Waals surface area contributed by atoms with Gasteiger partial charge in [0.15, 0.2) is 11.6 Å². The first-order valence-electron chi connectivity index (χ1n) is 6.80. The Kier molecular flexibility index (Phi) is 5.12. The van der Waals surface area contributed by atoms with Crippen LogP contribution in [-0.4, -0.2) is 7.05 Å². The lowest BCUT2D eigenvalue weighted by Gasteiger charge is -2.19. The second kappa shape index (κ2) is 6.67. The summed E-state index contributed by atoms with van der Waals surface area (Å²) in [6.07, 6.45) is 0.710. The molecule has 0 fully saturated rings. The summed E-state index contributed by atoms with van der Waals surface area (Å²) in [7, 11) is 1.82. The van der Waals surface area contributed by atoms with Crippen LogP contribution >= 0.6 is 15.9 Å². The molecule has 0 aliphatic rings. The summed E-state index contributed by atoms with van der Waals surface area (Å²) in [5, 5.41) is 3.17. The van der Waals surface area contributed by atoms with Gasteiger partial charge in [0.25, 0.3) is 0 Å². The number of rotatable bonds is 4. The molecule has 0 saturated heterocycles. The van der Waals surface area contributed by atoms with Crippen LogP contribution in [-0.2, 0) is 6.42 Å². The van der Waals surface area contributed by atoms with Gasteiger partial charge in [0, 0.05) is 6.04 Å².